The second-order valence-electron chi connectivity index (χ2n) is 4.80. The number of fused-ring (bicyclic) bond motifs is 3. The maximum atomic E-state index is 2.49. The summed E-state index contributed by atoms with van der Waals surface area (Å²) >= 11 is 4.27. The molecule has 4 aromatic rings. The molecule has 0 aliphatic heterocycles. The molecule has 0 atom stereocenters. The lowest BCUT2D eigenvalue weighted by atomic mass is 9.96. The van der Waals surface area contributed by atoms with Crippen LogP contribution < -0.4 is 0 Å². The number of benzene rings is 3. The minimum absolute atomic E-state index is 1.30. The van der Waals surface area contributed by atoms with Crippen molar-refractivity contribution in [3.8, 4) is 11.1 Å². The average molecular weight is 386 g/mol. The van der Waals surface area contributed by atoms with E-state index in [1.807, 2.05) is 0 Å². The minimum atomic E-state index is 1.30. The van der Waals surface area contributed by atoms with E-state index in [0.717, 1.165) is 0 Å². The van der Waals surface area contributed by atoms with Gasteiger partial charge in [-0.3, -0.25) is 0 Å². The van der Waals surface area contributed by atoms with Crippen molar-refractivity contribution in [2.24, 2.45) is 0 Å². The third kappa shape index (κ3) is 1.79. The van der Waals surface area contributed by atoms with Gasteiger partial charge in [0.2, 0.25) is 0 Å². The van der Waals surface area contributed by atoms with Crippen molar-refractivity contribution in [2.75, 3.05) is 0 Å². The van der Waals surface area contributed by atoms with E-state index >= 15 is 0 Å². The fourth-order valence-electron chi connectivity index (χ4n) is 2.75. The number of rotatable bonds is 1. The number of hydrogen-bond acceptors (Lipinski definition) is 1. The van der Waals surface area contributed by atoms with Gasteiger partial charge in [0.15, 0.2) is 0 Å². The summed E-state index contributed by atoms with van der Waals surface area (Å²) in [5, 5.41) is 9.96. The largest absolute Gasteiger partial charge is 0.151 e. The van der Waals surface area contributed by atoms with E-state index in [9.17, 15) is 0 Å². The SMILES string of the molecule is Ic1c(-c2ccccc2)c2cscc2c2ccccc12. The maximum absolute atomic E-state index is 2.49. The van der Waals surface area contributed by atoms with Crippen LogP contribution >= 0.6 is 33.9 Å². The van der Waals surface area contributed by atoms with Crippen LogP contribution in [0.3, 0.4) is 0 Å². The molecule has 3 aromatic carbocycles. The summed E-state index contributed by atoms with van der Waals surface area (Å²) in [4.78, 5) is 0. The van der Waals surface area contributed by atoms with Gasteiger partial charge in [0.1, 0.15) is 0 Å². The molecule has 0 fully saturated rings. The molecule has 0 spiro atoms. The molecule has 4 rings (SSSR count). The lowest BCUT2D eigenvalue weighted by Gasteiger charge is -2.11. The quantitative estimate of drug-likeness (QED) is 0.336. The summed E-state index contributed by atoms with van der Waals surface area (Å²) in [7, 11) is 0. The van der Waals surface area contributed by atoms with E-state index in [1.54, 1.807) is 11.3 Å². The van der Waals surface area contributed by atoms with Gasteiger partial charge in [-0.25, -0.2) is 0 Å². The predicted octanol–water partition coefficient (Wildman–Crippen LogP) is 6.33. The van der Waals surface area contributed by atoms with Crippen molar-refractivity contribution in [3.05, 3.63) is 68.9 Å². The summed E-state index contributed by atoms with van der Waals surface area (Å²) in [5.74, 6) is 0. The normalized spacial score (nSPS) is 11.2. The highest BCUT2D eigenvalue weighted by Crippen LogP contribution is 2.40. The van der Waals surface area contributed by atoms with Crippen LogP contribution in [0, 0.1) is 3.57 Å². The predicted molar refractivity (Wildman–Crippen MR) is 97.5 cm³/mol. The average Bonchev–Trinajstić information content (AvgIpc) is 2.98. The summed E-state index contributed by atoms with van der Waals surface area (Å²) in [6.07, 6.45) is 0. The lowest BCUT2D eigenvalue weighted by molar-refractivity contribution is 1.65. The molecule has 2 heteroatoms. The van der Waals surface area contributed by atoms with Crippen molar-refractivity contribution in [1.82, 2.24) is 0 Å². The van der Waals surface area contributed by atoms with E-state index in [0.29, 0.717) is 0 Å². The molecule has 20 heavy (non-hydrogen) atoms. The van der Waals surface area contributed by atoms with Gasteiger partial charge in [-0.05, 0) is 49.7 Å². The van der Waals surface area contributed by atoms with Gasteiger partial charge >= 0.3 is 0 Å². The van der Waals surface area contributed by atoms with Crippen LogP contribution in [0.5, 0.6) is 0 Å². The standard InChI is InChI=1S/C18H11IS/c19-18-14-9-5-4-8-13(14)15-10-20-11-16(15)17(18)12-6-2-1-3-7-12/h1-11H. The van der Waals surface area contributed by atoms with Gasteiger partial charge in [-0.2, -0.15) is 11.3 Å². The second-order valence-corrected chi connectivity index (χ2v) is 6.62. The van der Waals surface area contributed by atoms with Gasteiger partial charge < -0.3 is 0 Å². The minimum Gasteiger partial charge on any atom is -0.151 e. The van der Waals surface area contributed by atoms with Crippen molar-refractivity contribution >= 4 is 55.5 Å². The first kappa shape index (κ1) is 12.4. The maximum Gasteiger partial charge on any atom is 0.0294 e. The summed E-state index contributed by atoms with van der Waals surface area (Å²) < 4.78 is 1.34. The Bertz CT molecular complexity index is 907. The Morgan fingerprint density at radius 1 is 0.650 bits per heavy atom. The molecule has 0 unspecified atom stereocenters. The van der Waals surface area contributed by atoms with Crippen molar-refractivity contribution in [1.29, 1.82) is 0 Å². The molecular weight excluding hydrogens is 375 g/mol. The molecule has 96 valence electrons. The van der Waals surface area contributed by atoms with Crippen molar-refractivity contribution in [3.63, 3.8) is 0 Å². The van der Waals surface area contributed by atoms with E-state index in [2.05, 4.69) is 87.9 Å². The molecule has 0 N–H and O–H groups in total. The van der Waals surface area contributed by atoms with Crippen LogP contribution in [0.1, 0.15) is 0 Å². The van der Waals surface area contributed by atoms with Gasteiger partial charge in [0.05, 0.1) is 0 Å². The zero-order chi connectivity index (χ0) is 13.5. The van der Waals surface area contributed by atoms with Crippen LogP contribution in [-0.4, -0.2) is 0 Å². The zero-order valence-corrected chi connectivity index (χ0v) is 13.6. The molecule has 0 nitrogen and oxygen atoms in total. The van der Waals surface area contributed by atoms with E-state index in [-0.39, 0.29) is 0 Å². The highest BCUT2D eigenvalue weighted by atomic mass is 127. The van der Waals surface area contributed by atoms with Crippen LogP contribution in [0.15, 0.2) is 65.4 Å². The lowest BCUT2D eigenvalue weighted by Crippen LogP contribution is -1.87. The van der Waals surface area contributed by atoms with Crippen LogP contribution in [0.4, 0.5) is 0 Å². The molecule has 0 aliphatic rings. The Balaban J connectivity index is 2.24. The Morgan fingerprint density at radius 2 is 1.30 bits per heavy atom. The first-order valence-electron chi connectivity index (χ1n) is 6.48. The molecule has 1 heterocycles. The molecule has 0 saturated heterocycles. The highest BCUT2D eigenvalue weighted by molar-refractivity contribution is 14.1. The number of hydrogen-bond donors (Lipinski definition) is 0. The molecule has 0 amide bonds. The van der Waals surface area contributed by atoms with E-state index < -0.39 is 0 Å². The fraction of sp³-hybridized carbons (Fsp3) is 0. The van der Waals surface area contributed by atoms with Crippen LogP contribution in [0.2, 0.25) is 0 Å². The molecular formula is C18H11IS. The fourth-order valence-corrected chi connectivity index (χ4v) is 4.66. The number of thiophene rings is 1. The van der Waals surface area contributed by atoms with Gasteiger partial charge in [0, 0.05) is 19.9 Å². The van der Waals surface area contributed by atoms with Crippen LogP contribution in [0.25, 0.3) is 32.7 Å². The molecule has 0 radical (unpaired) electrons. The number of halogens is 1. The Hall–Kier alpha value is -1.39. The van der Waals surface area contributed by atoms with Crippen molar-refractivity contribution < 1.29 is 0 Å². The summed E-state index contributed by atoms with van der Waals surface area (Å²) in [5.41, 5.74) is 2.66. The highest BCUT2D eigenvalue weighted by Gasteiger charge is 2.14. The monoisotopic (exact) mass is 386 g/mol. The van der Waals surface area contributed by atoms with E-state index in [4.69, 9.17) is 0 Å². The Morgan fingerprint density at radius 3 is 2.10 bits per heavy atom. The first-order chi connectivity index (χ1) is 9.86. The molecule has 0 saturated carbocycles. The Labute approximate surface area is 135 Å². The smallest absolute Gasteiger partial charge is 0.0294 e. The molecule has 0 aliphatic carbocycles. The summed E-state index contributed by atoms with van der Waals surface area (Å²) in [6.45, 7) is 0. The topological polar surface area (TPSA) is 0 Å². The van der Waals surface area contributed by atoms with E-state index in [1.165, 1.54) is 36.2 Å². The third-order valence-electron chi connectivity index (χ3n) is 3.67. The van der Waals surface area contributed by atoms with Gasteiger partial charge in [-0.1, -0.05) is 54.6 Å². The van der Waals surface area contributed by atoms with Gasteiger partial charge in [0.25, 0.3) is 0 Å². The summed E-state index contributed by atoms with van der Waals surface area (Å²) in [6, 6.07) is 19.4. The van der Waals surface area contributed by atoms with Gasteiger partial charge in [-0.15, -0.1) is 0 Å². The molecule has 0 bridgehead atoms. The second kappa shape index (κ2) is 4.86. The first-order valence-corrected chi connectivity index (χ1v) is 8.50. The van der Waals surface area contributed by atoms with Crippen molar-refractivity contribution in [2.45, 2.75) is 0 Å². The third-order valence-corrected chi connectivity index (χ3v) is 5.53. The van der Waals surface area contributed by atoms with Crippen LogP contribution in [-0.2, 0) is 0 Å². The molecule has 1 aromatic heterocycles. The zero-order valence-electron chi connectivity index (χ0n) is 10.6. The Kier molecular flexibility index (Phi) is 3.00.